The van der Waals surface area contributed by atoms with Crippen LogP contribution in [0.3, 0.4) is 0 Å². The lowest BCUT2D eigenvalue weighted by atomic mass is 10.0. The predicted octanol–water partition coefficient (Wildman–Crippen LogP) is 2.68. The van der Waals surface area contributed by atoms with Crippen LogP contribution >= 0.6 is 11.6 Å². The van der Waals surface area contributed by atoms with E-state index < -0.39 is 6.04 Å². The van der Waals surface area contributed by atoms with E-state index in [4.69, 9.17) is 24.2 Å². The molecule has 1 aromatic carbocycles. The molecule has 2 rings (SSSR count). The van der Waals surface area contributed by atoms with Gasteiger partial charge in [0.2, 0.25) is 11.8 Å². The Morgan fingerprint density at radius 3 is 2.71 bits per heavy atom. The lowest BCUT2D eigenvalue weighted by Gasteiger charge is -2.18. The van der Waals surface area contributed by atoms with Crippen LogP contribution in [0.25, 0.3) is 0 Å². The quantitative estimate of drug-likeness (QED) is 0.206. The minimum absolute atomic E-state index is 0.126. The molecule has 0 saturated heterocycles. The van der Waals surface area contributed by atoms with Gasteiger partial charge in [-0.1, -0.05) is 17.7 Å². The Morgan fingerprint density at radius 1 is 1.38 bits per heavy atom. The second-order valence-corrected chi connectivity index (χ2v) is 5.91. The second kappa shape index (κ2) is 8.68. The molecule has 2 aromatic rings. The average Bonchev–Trinajstić information content (AvgIpc) is 2.60. The first kappa shape index (κ1) is 18.3. The molecule has 1 unspecified atom stereocenters. The van der Waals surface area contributed by atoms with Crippen LogP contribution in [0.4, 0.5) is 0 Å². The largest absolute Gasteiger partial charge is 0.758 e. The number of Topliss-reactive ketones (excluding diaryl/α,β-unsaturated/α-hetero) is 1. The molecule has 1 aromatic heterocycles. The highest BCUT2D eigenvalue weighted by atomic mass is 35.5. The summed E-state index contributed by atoms with van der Waals surface area (Å²) in [6.07, 6.45) is 5.03. The smallest absolute Gasteiger partial charge is 0.237 e. The Balaban J connectivity index is 2.47. The van der Waals surface area contributed by atoms with E-state index in [2.05, 4.69) is 11.6 Å². The van der Waals surface area contributed by atoms with Crippen LogP contribution in [0.15, 0.2) is 66.4 Å². The molecule has 124 valence electrons. The van der Waals surface area contributed by atoms with Crippen LogP contribution in [0, 0.1) is 0 Å². The number of hydrogen-bond donors (Lipinski definition) is 1. The van der Waals surface area contributed by atoms with Gasteiger partial charge in [-0.05, 0) is 35.4 Å². The summed E-state index contributed by atoms with van der Waals surface area (Å²) in [6, 6.07) is 9.38. The Labute approximate surface area is 151 Å². The van der Waals surface area contributed by atoms with E-state index in [1.807, 2.05) is 0 Å². The molecule has 0 aliphatic heterocycles. The van der Waals surface area contributed by atoms with E-state index in [9.17, 15) is 9.90 Å². The topological polar surface area (TPSA) is 53.5 Å². The van der Waals surface area contributed by atoms with Crippen molar-refractivity contribution in [1.82, 2.24) is 0 Å². The normalized spacial score (nSPS) is 12.7. The van der Waals surface area contributed by atoms with Gasteiger partial charge in [-0.2, -0.15) is 4.57 Å². The molecule has 0 fully saturated rings. The molecule has 0 saturated carbocycles. The minimum Gasteiger partial charge on any atom is -0.758 e. The molecule has 0 radical (unpaired) electrons. The maximum atomic E-state index is 13.0. The van der Waals surface area contributed by atoms with Crippen molar-refractivity contribution < 1.29 is 14.5 Å². The summed E-state index contributed by atoms with van der Waals surface area (Å²) in [5.74, 6) is -0.190. The van der Waals surface area contributed by atoms with E-state index in [-0.39, 0.29) is 17.4 Å². The van der Waals surface area contributed by atoms with E-state index in [1.165, 1.54) is 0 Å². The molecule has 0 amide bonds. The summed E-state index contributed by atoms with van der Waals surface area (Å²) in [7, 11) is 0. The molecule has 0 bridgehead atoms. The number of halogens is 1. The zero-order chi connectivity index (χ0) is 17.5. The zero-order valence-electron chi connectivity index (χ0n) is 12.9. The number of aromatic nitrogens is 1. The van der Waals surface area contributed by atoms with Gasteiger partial charge < -0.3 is 22.7 Å². The van der Waals surface area contributed by atoms with E-state index >= 15 is 0 Å². The van der Waals surface area contributed by atoms with Crippen molar-refractivity contribution in [2.24, 2.45) is 4.99 Å². The molecule has 6 heteroatoms. The van der Waals surface area contributed by atoms with Gasteiger partial charge in [0, 0.05) is 22.2 Å². The van der Waals surface area contributed by atoms with Gasteiger partial charge in [-0.25, -0.2) is 0 Å². The molecular formula is C18H17ClN2O2S. The van der Waals surface area contributed by atoms with Gasteiger partial charge >= 0.3 is 0 Å². The number of rotatable bonds is 7. The van der Waals surface area contributed by atoms with Gasteiger partial charge in [0.05, 0.1) is 13.2 Å². The highest BCUT2D eigenvalue weighted by Gasteiger charge is 2.28. The van der Waals surface area contributed by atoms with Crippen LogP contribution in [0.2, 0.25) is 5.02 Å². The highest BCUT2D eigenvalue weighted by Crippen LogP contribution is 2.15. The number of hydrogen-bond acceptors (Lipinski definition) is 4. The summed E-state index contributed by atoms with van der Waals surface area (Å²) >= 11 is 11.2. The van der Waals surface area contributed by atoms with Crippen molar-refractivity contribution in [2.75, 3.05) is 6.54 Å². The molecule has 0 aliphatic rings. The maximum absolute atomic E-state index is 13.0. The van der Waals surface area contributed by atoms with E-state index in [0.717, 1.165) is 0 Å². The summed E-state index contributed by atoms with van der Waals surface area (Å²) in [6.45, 7) is 3.82. The number of carbonyl (C=O) groups excluding carboxylic acids is 1. The van der Waals surface area contributed by atoms with Gasteiger partial charge in [0.15, 0.2) is 12.4 Å². The fourth-order valence-corrected chi connectivity index (χ4v) is 2.62. The van der Waals surface area contributed by atoms with Crippen molar-refractivity contribution in [3.8, 4) is 0 Å². The monoisotopic (exact) mass is 360 g/mol. The third kappa shape index (κ3) is 4.47. The second-order valence-electron chi connectivity index (χ2n) is 5.06. The highest BCUT2D eigenvalue weighted by molar-refractivity contribution is 7.77. The standard InChI is InChI=1S/C18H17ClN2O2S/c1-2-9-20-18(24)16(21-10-3-4-13(11-21)12-22)17(23)14-5-7-15(19)8-6-14/h2-8,10-11,16,22H,1,9,12H2. The van der Waals surface area contributed by atoms with Gasteiger partial charge in [-0.3, -0.25) is 4.79 Å². The molecule has 4 nitrogen and oxygen atoms in total. The molecule has 1 N–H and O–H groups in total. The fourth-order valence-electron chi connectivity index (χ4n) is 2.19. The summed E-state index contributed by atoms with van der Waals surface area (Å²) in [5, 5.41) is 10.1. The molecular weight excluding hydrogens is 344 g/mol. The Bertz CT molecular complexity index is 760. The van der Waals surface area contributed by atoms with Crippen LogP contribution in [0.1, 0.15) is 22.0 Å². The van der Waals surface area contributed by atoms with Crippen molar-refractivity contribution in [2.45, 2.75) is 12.6 Å². The van der Waals surface area contributed by atoms with Crippen LogP contribution in [0.5, 0.6) is 0 Å². The molecule has 0 aliphatic carbocycles. The molecule has 0 spiro atoms. The summed E-state index contributed by atoms with van der Waals surface area (Å²) < 4.78 is 1.66. The fraction of sp³-hybridized carbons (Fsp3) is 0.167. The third-order valence-electron chi connectivity index (χ3n) is 3.35. The average molecular weight is 361 g/mol. The predicted molar refractivity (Wildman–Crippen MR) is 97.2 cm³/mol. The maximum Gasteiger partial charge on any atom is 0.237 e. The van der Waals surface area contributed by atoms with Crippen LogP contribution in [-0.4, -0.2) is 22.5 Å². The molecule has 1 atom stereocenters. The molecule has 1 heterocycles. The van der Waals surface area contributed by atoms with Crippen molar-refractivity contribution in [3.63, 3.8) is 0 Å². The minimum atomic E-state index is -0.771. The number of pyridine rings is 1. The number of ketones is 1. The van der Waals surface area contributed by atoms with E-state index in [0.29, 0.717) is 22.7 Å². The number of carbonyl (C=O) groups is 1. The third-order valence-corrected chi connectivity index (χ3v) is 3.96. The lowest BCUT2D eigenvalue weighted by molar-refractivity contribution is -0.692. The van der Waals surface area contributed by atoms with Crippen molar-refractivity contribution in [1.29, 1.82) is 0 Å². The number of aliphatic imine (C=N–C) groups is 1. The molecule has 24 heavy (non-hydrogen) atoms. The summed E-state index contributed by atoms with van der Waals surface area (Å²) in [4.78, 5) is 17.2. The lowest BCUT2D eigenvalue weighted by Crippen LogP contribution is -2.48. The first-order valence-corrected chi connectivity index (χ1v) is 8.08. The Kier molecular flexibility index (Phi) is 6.61. The van der Waals surface area contributed by atoms with Gasteiger partial charge in [0.1, 0.15) is 0 Å². The van der Waals surface area contributed by atoms with Crippen LogP contribution < -0.4 is 4.57 Å². The SMILES string of the molecule is C=CCN=C([S-])C(C(=O)c1ccc(Cl)cc1)[n+]1cccc(CO)c1. The van der Waals surface area contributed by atoms with E-state index in [1.54, 1.807) is 59.4 Å². The first-order valence-electron chi connectivity index (χ1n) is 7.29. The first-order chi connectivity index (χ1) is 11.6. The zero-order valence-corrected chi connectivity index (χ0v) is 14.5. The number of nitrogens with zero attached hydrogens (tertiary/aromatic N) is 2. The number of benzene rings is 1. The summed E-state index contributed by atoms with van der Waals surface area (Å²) in [5.41, 5.74) is 1.17. The van der Waals surface area contributed by atoms with Crippen LogP contribution in [-0.2, 0) is 19.2 Å². The van der Waals surface area contributed by atoms with Crippen molar-refractivity contribution >= 4 is 35.1 Å². The number of aliphatic hydroxyl groups excluding tert-OH is 1. The Morgan fingerprint density at radius 2 is 2.08 bits per heavy atom. The Hall–Kier alpha value is -2.08. The number of aliphatic hydroxyl groups is 1. The van der Waals surface area contributed by atoms with Gasteiger partial charge in [-0.15, -0.1) is 6.58 Å². The van der Waals surface area contributed by atoms with Gasteiger partial charge in [0.25, 0.3) is 0 Å². The van der Waals surface area contributed by atoms with Crippen molar-refractivity contribution in [3.05, 3.63) is 77.6 Å².